The van der Waals surface area contributed by atoms with Crippen LogP contribution in [0, 0.1) is 13.8 Å². The van der Waals surface area contributed by atoms with Gasteiger partial charge in [0, 0.05) is 11.8 Å². The molecule has 1 heterocycles. The first kappa shape index (κ1) is 14.0. The molecule has 1 unspecified atom stereocenters. The highest BCUT2D eigenvalue weighted by Gasteiger charge is 2.17. The minimum Gasteiger partial charge on any atom is -0.324 e. The topological polar surface area (TPSA) is 64.0 Å². The van der Waals surface area contributed by atoms with E-state index >= 15 is 0 Å². The second-order valence-corrected chi connectivity index (χ2v) is 4.79. The number of carbonyl (C=O) groups excluding carboxylic acids is 1. The molecule has 0 bridgehead atoms. The minimum absolute atomic E-state index is 0.268. The molecule has 1 N–H and O–H groups in total. The number of nitrogens with zero attached hydrogens (tertiary/aromatic N) is 2. The lowest BCUT2D eigenvalue weighted by Crippen LogP contribution is -2.33. The van der Waals surface area contributed by atoms with Crippen molar-refractivity contribution in [3.63, 3.8) is 0 Å². The van der Waals surface area contributed by atoms with Crippen molar-refractivity contribution >= 4 is 11.6 Å². The minimum atomic E-state index is -0.664. The summed E-state index contributed by atoms with van der Waals surface area (Å²) < 4.78 is 1.19. The summed E-state index contributed by atoms with van der Waals surface area (Å²) in [6.07, 6.45) is 0. The largest absolute Gasteiger partial charge is 0.324 e. The Morgan fingerprint density at radius 3 is 2.70 bits per heavy atom. The lowest BCUT2D eigenvalue weighted by molar-refractivity contribution is -0.119. The van der Waals surface area contributed by atoms with E-state index in [1.165, 1.54) is 10.7 Å². The number of hydrogen-bond donors (Lipinski definition) is 1. The highest BCUT2D eigenvalue weighted by atomic mass is 16.2. The molecule has 2 aromatic rings. The molecule has 0 fully saturated rings. The van der Waals surface area contributed by atoms with E-state index in [1.54, 1.807) is 19.9 Å². The van der Waals surface area contributed by atoms with Crippen LogP contribution in [0.5, 0.6) is 0 Å². The van der Waals surface area contributed by atoms with Crippen LogP contribution in [0.1, 0.15) is 24.2 Å². The van der Waals surface area contributed by atoms with Gasteiger partial charge in [-0.15, -0.1) is 0 Å². The summed E-state index contributed by atoms with van der Waals surface area (Å²) in [5.41, 5.74) is 2.17. The van der Waals surface area contributed by atoms with E-state index in [-0.39, 0.29) is 11.5 Å². The third kappa shape index (κ3) is 3.12. The fraction of sp³-hybridized carbons (Fsp3) is 0.267. The summed E-state index contributed by atoms with van der Waals surface area (Å²) in [7, 11) is 0. The number of benzene rings is 1. The van der Waals surface area contributed by atoms with Gasteiger partial charge >= 0.3 is 0 Å². The Hall–Kier alpha value is -2.43. The maximum absolute atomic E-state index is 12.2. The van der Waals surface area contributed by atoms with Crippen molar-refractivity contribution in [1.29, 1.82) is 0 Å². The molecule has 104 valence electrons. The van der Waals surface area contributed by atoms with Gasteiger partial charge in [-0.2, -0.15) is 5.10 Å². The Kier molecular flexibility index (Phi) is 3.98. The van der Waals surface area contributed by atoms with E-state index in [2.05, 4.69) is 10.4 Å². The zero-order chi connectivity index (χ0) is 14.7. The van der Waals surface area contributed by atoms with Crippen LogP contribution in [-0.4, -0.2) is 15.7 Å². The van der Waals surface area contributed by atoms with Gasteiger partial charge in [-0.3, -0.25) is 9.59 Å². The average Bonchev–Trinajstić information content (AvgIpc) is 2.40. The quantitative estimate of drug-likeness (QED) is 0.929. The van der Waals surface area contributed by atoms with Gasteiger partial charge in [-0.05, 0) is 44.5 Å². The normalized spacial score (nSPS) is 11.9. The second kappa shape index (κ2) is 5.69. The van der Waals surface area contributed by atoms with Gasteiger partial charge in [-0.25, -0.2) is 4.68 Å². The third-order valence-electron chi connectivity index (χ3n) is 2.99. The molecule has 20 heavy (non-hydrogen) atoms. The van der Waals surface area contributed by atoms with Crippen LogP contribution in [0.15, 0.2) is 41.2 Å². The highest BCUT2D eigenvalue weighted by Crippen LogP contribution is 2.12. The molecule has 5 nitrogen and oxygen atoms in total. The van der Waals surface area contributed by atoms with Crippen molar-refractivity contribution in [2.45, 2.75) is 26.8 Å². The number of anilines is 1. The van der Waals surface area contributed by atoms with Crippen molar-refractivity contribution < 1.29 is 4.79 Å². The predicted octanol–water partition coefficient (Wildman–Crippen LogP) is 2.06. The van der Waals surface area contributed by atoms with Crippen molar-refractivity contribution in [1.82, 2.24) is 9.78 Å². The monoisotopic (exact) mass is 271 g/mol. The lowest BCUT2D eigenvalue weighted by Gasteiger charge is -2.14. The Morgan fingerprint density at radius 2 is 2.00 bits per heavy atom. The number of nitrogens with one attached hydrogen (secondary N) is 1. The second-order valence-electron chi connectivity index (χ2n) is 4.79. The summed E-state index contributed by atoms with van der Waals surface area (Å²) in [4.78, 5) is 23.9. The molecule has 2 rings (SSSR count). The number of hydrogen-bond acceptors (Lipinski definition) is 3. The number of aryl methyl sites for hydroxylation is 2. The van der Waals surface area contributed by atoms with E-state index in [0.29, 0.717) is 11.4 Å². The number of carbonyl (C=O) groups is 1. The standard InChI is InChI=1S/C15H17N3O2/c1-10-5-4-6-13(9-10)16-15(20)12(3)18-14(19)8-7-11(2)17-18/h4-9,12H,1-3H3,(H,16,20). The van der Waals surface area contributed by atoms with Crippen molar-refractivity contribution in [3.05, 3.63) is 58.0 Å². The van der Waals surface area contributed by atoms with Crippen molar-refractivity contribution in [2.24, 2.45) is 0 Å². The van der Waals surface area contributed by atoms with E-state index in [0.717, 1.165) is 5.56 Å². The average molecular weight is 271 g/mol. The molecule has 1 aromatic heterocycles. The Bertz CT molecular complexity index is 692. The fourth-order valence-corrected chi connectivity index (χ4v) is 1.88. The zero-order valence-electron chi connectivity index (χ0n) is 11.8. The molecule has 0 aliphatic rings. The first-order valence-electron chi connectivity index (χ1n) is 6.41. The van der Waals surface area contributed by atoms with Crippen LogP contribution in [-0.2, 0) is 4.79 Å². The summed E-state index contributed by atoms with van der Waals surface area (Å²) in [6.45, 7) is 5.38. The number of aromatic nitrogens is 2. The number of amides is 1. The smallest absolute Gasteiger partial charge is 0.267 e. The summed E-state index contributed by atoms with van der Waals surface area (Å²) in [5.74, 6) is -0.268. The third-order valence-corrected chi connectivity index (χ3v) is 2.99. The van der Waals surface area contributed by atoms with Gasteiger partial charge in [0.15, 0.2) is 0 Å². The molecule has 0 radical (unpaired) electrons. The predicted molar refractivity (Wildman–Crippen MR) is 77.8 cm³/mol. The lowest BCUT2D eigenvalue weighted by atomic mass is 10.2. The molecule has 1 aromatic carbocycles. The molecule has 1 atom stereocenters. The fourth-order valence-electron chi connectivity index (χ4n) is 1.88. The molecule has 0 aliphatic carbocycles. The summed E-state index contributed by atoms with van der Waals surface area (Å²) in [6, 6.07) is 9.88. The van der Waals surface area contributed by atoms with Crippen molar-refractivity contribution in [2.75, 3.05) is 5.32 Å². The molecule has 0 saturated carbocycles. The molecular formula is C15H17N3O2. The maximum Gasteiger partial charge on any atom is 0.267 e. The van der Waals surface area contributed by atoms with Gasteiger partial charge in [-0.1, -0.05) is 12.1 Å². The van der Waals surface area contributed by atoms with Crippen LogP contribution in [0.25, 0.3) is 0 Å². The van der Waals surface area contributed by atoms with Gasteiger partial charge in [0.05, 0.1) is 5.69 Å². The van der Waals surface area contributed by atoms with Crippen LogP contribution >= 0.6 is 0 Å². The van der Waals surface area contributed by atoms with E-state index in [1.807, 2.05) is 31.2 Å². The molecule has 5 heteroatoms. The molecule has 0 aliphatic heterocycles. The van der Waals surface area contributed by atoms with Gasteiger partial charge in [0.2, 0.25) is 5.91 Å². The molecule has 0 saturated heterocycles. The van der Waals surface area contributed by atoms with Gasteiger partial charge in [0.1, 0.15) is 6.04 Å². The summed E-state index contributed by atoms with van der Waals surface area (Å²) >= 11 is 0. The first-order valence-corrected chi connectivity index (χ1v) is 6.41. The Morgan fingerprint density at radius 1 is 1.25 bits per heavy atom. The van der Waals surface area contributed by atoms with Crippen molar-refractivity contribution in [3.8, 4) is 0 Å². The molecule has 1 amide bonds. The summed E-state index contributed by atoms with van der Waals surface area (Å²) in [5, 5.41) is 6.89. The highest BCUT2D eigenvalue weighted by molar-refractivity contribution is 5.93. The SMILES string of the molecule is Cc1cccc(NC(=O)C(C)n2nc(C)ccc2=O)c1. The maximum atomic E-state index is 12.2. The van der Waals surface area contributed by atoms with Crippen LogP contribution in [0.2, 0.25) is 0 Å². The van der Waals surface area contributed by atoms with E-state index in [9.17, 15) is 9.59 Å². The van der Waals surface area contributed by atoms with Crippen LogP contribution < -0.4 is 10.9 Å². The molecular weight excluding hydrogens is 254 g/mol. The van der Waals surface area contributed by atoms with Gasteiger partial charge < -0.3 is 5.32 Å². The van der Waals surface area contributed by atoms with Crippen LogP contribution in [0.4, 0.5) is 5.69 Å². The van der Waals surface area contributed by atoms with E-state index < -0.39 is 6.04 Å². The van der Waals surface area contributed by atoms with Crippen LogP contribution in [0.3, 0.4) is 0 Å². The Balaban J connectivity index is 2.20. The molecule has 0 spiro atoms. The van der Waals surface area contributed by atoms with E-state index in [4.69, 9.17) is 0 Å². The first-order chi connectivity index (χ1) is 9.47. The zero-order valence-corrected chi connectivity index (χ0v) is 11.8. The Labute approximate surface area is 117 Å². The number of rotatable bonds is 3. The van der Waals surface area contributed by atoms with Gasteiger partial charge in [0.25, 0.3) is 5.56 Å².